The first-order valence-electron chi connectivity index (χ1n) is 10.2. The number of carbonyl (C=O) groups is 2. The summed E-state index contributed by atoms with van der Waals surface area (Å²) in [6.07, 6.45) is 4.93. The molecule has 3 atom stereocenters. The summed E-state index contributed by atoms with van der Waals surface area (Å²) < 4.78 is 27.9. The van der Waals surface area contributed by atoms with Gasteiger partial charge >= 0.3 is 0 Å². The van der Waals surface area contributed by atoms with Crippen molar-refractivity contribution in [1.29, 1.82) is 0 Å². The van der Waals surface area contributed by atoms with Gasteiger partial charge in [-0.2, -0.15) is 0 Å². The molecule has 162 valence electrons. The van der Waals surface area contributed by atoms with Crippen LogP contribution in [0.25, 0.3) is 0 Å². The van der Waals surface area contributed by atoms with Gasteiger partial charge in [0.25, 0.3) is 10.0 Å². The van der Waals surface area contributed by atoms with Crippen molar-refractivity contribution >= 4 is 21.8 Å². The van der Waals surface area contributed by atoms with Crippen LogP contribution in [-0.2, 0) is 26.0 Å². The van der Waals surface area contributed by atoms with Crippen LogP contribution in [0.3, 0.4) is 0 Å². The minimum absolute atomic E-state index is 0.0507. The van der Waals surface area contributed by atoms with Gasteiger partial charge in [-0.05, 0) is 55.4 Å². The molecular formula is C23H25N3O4S. The molecule has 0 fully saturated rings. The Morgan fingerprint density at radius 2 is 1.87 bits per heavy atom. The van der Waals surface area contributed by atoms with Gasteiger partial charge < -0.3 is 11.1 Å². The lowest BCUT2D eigenvalue weighted by atomic mass is 9.72. The van der Waals surface area contributed by atoms with E-state index in [0.29, 0.717) is 6.42 Å². The summed E-state index contributed by atoms with van der Waals surface area (Å²) >= 11 is 0. The molecule has 0 spiro atoms. The average molecular weight is 440 g/mol. The molecule has 2 unspecified atom stereocenters. The Labute approximate surface area is 182 Å². The molecule has 7 nitrogen and oxygen atoms in total. The van der Waals surface area contributed by atoms with Crippen molar-refractivity contribution in [1.82, 2.24) is 9.62 Å². The van der Waals surface area contributed by atoms with E-state index in [-0.39, 0.29) is 10.8 Å². The lowest BCUT2D eigenvalue weighted by molar-refractivity contribution is -0.133. The van der Waals surface area contributed by atoms with Gasteiger partial charge in [-0.3, -0.25) is 13.9 Å². The standard InChI is InChI=1S/C23H25N3O4S/c1-15-9-11-17(12-10-15)31(29,30)26-14-13-25-23(28)21(26)20(22(24)27)19-8-4-6-16-5-2-3-7-18(16)19/h2-3,5,7,9-14,19-21H,4,6,8H2,1H3,(H2,24,27)(H,25,28)/t19?,20?,21-/m1/s1. The highest BCUT2D eigenvalue weighted by Crippen LogP contribution is 2.40. The van der Waals surface area contributed by atoms with Gasteiger partial charge in [-0.1, -0.05) is 42.0 Å². The Bertz CT molecular complexity index is 1140. The van der Waals surface area contributed by atoms with Gasteiger partial charge in [0.15, 0.2) is 0 Å². The first kappa shape index (κ1) is 21.1. The van der Waals surface area contributed by atoms with E-state index in [1.807, 2.05) is 31.2 Å². The topological polar surface area (TPSA) is 110 Å². The van der Waals surface area contributed by atoms with Gasteiger partial charge in [-0.15, -0.1) is 0 Å². The number of primary amides is 1. The van der Waals surface area contributed by atoms with E-state index in [9.17, 15) is 18.0 Å². The van der Waals surface area contributed by atoms with E-state index >= 15 is 0 Å². The van der Waals surface area contributed by atoms with E-state index in [0.717, 1.165) is 33.8 Å². The summed E-state index contributed by atoms with van der Waals surface area (Å²) in [4.78, 5) is 25.7. The lowest BCUT2D eigenvalue weighted by Gasteiger charge is -2.40. The molecule has 31 heavy (non-hydrogen) atoms. The van der Waals surface area contributed by atoms with Crippen LogP contribution in [0.1, 0.15) is 35.4 Å². The molecule has 0 aromatic heterocycles. The van der Waals surface area contributed by atoms with Crippen LogP contribution < -0.4 is 11.1 Å². The Morgan fingerprint density at radius 1 is 1.16 bits per heavy atom. The summed E-state index contributed by atoms with van der Waals surface area (Å²) in [5, 5.41) is 2.56. The molecule has 2 aromatic rings. The average Bonchev–Trinajstić information content (AvgIpc) is 2.75. The lowest BCUT2D eigenvalue weighted by Crippen LogP contribution is -2.57. The molecule has 1 heterocycles. The van der Waals surface area contributed by atoms with Gasteiger partial charge in [0.2, 0.25) is 11.8 Å². The Kier molecular flexibility index (Phi) is 5.58. The predicted molar refractivity (Wildman–Crippen MR) is 116 cm³/mol. The molecular weight excluding hydrogens is 414 g/mol. The third-order valence-corrected chi connectivity index (χ3v) is 7.88. The van der Waals surface area contributed by atoms with Crippen molar-refractivity contribution in [2.45, 2.75) is 43.0 Å². The summed E-state index contributed by atoms with van der Waals surface area (Å²) in [7, 11) is -4.08. The molecule has 1 aliphatic heterocycles. The number of carbonyl (C=O) groups excluding carboxylic acids is 2. The number of nitrogens with one attached hydrogen (secondary N) is 1. The molecule has 0 saturated heterocycles. The second-order valence-corrected chi connectivity index (χ2v) is 9.89. The van der Waals surface area contributed by atoms with Crippen molar-refractivity contribution in [3.63, 3.8) is 0 Å². The zero-order valence-electron chi connectivity index (χ0n) is 17.2. The van der Waals surface area contributed by atoms with E-state index in [2.05, 4.69) is 5.32 Å². The van der Waals surface area contributed by atoms with Crippen LogP contribution in [0.15, 0.2) is 65.8 Å². The van der Waals surface area contributed by atoms with E-state index in [1.165, 1.54) is 24.5 Å². The first-order valence-corrected chi connectivity index (χ1v) is 11.7. The molecule has 4 rings (SSSR count). The minimum Gasteiger partial charge on any atom is -0.369 e. The number of rotatable bonds is 5. The van der Waals surface area contributed by atoms with Crippen molar-refractivity contribution < 1.29 is 18.0 Å². The minimum atomic E-state index is -4.08. The first-order chi connectivity index (χ1) is 14.8. The van der Waals surface area contributed by atoms with Crippen LogP contribution in [0, 0.1) is 12.8 Å². The molecule has 2 aromatic carbocycles. The summed E-state index contributed by atoms with van der Waals surface area (Å²) in [6.45, 7) is 1.86. The van der Waals surface area contributed by atoms with Crippen molar-refractivity contribution in [3.05, 3.63) is 77.6 Å². The van der Waals surface area contributed by atoms with E-state index in [1.54, 1.807) is 12.1 Å². The number of sulfonamides is 1. The third-order valence-electron chi connectivity index (χ3n) is 6.10. The fourth-order valence-corrected chi connectivity index (χ4v) is 6.08. The SMILES string of the molecule is Cc1ccc(S(=O)(=O)N2C=CNC(=O)[C@H]2C(C(N)=O)C2CCCc3ccccc32)cc1. The van der Waals surface area contributed by atoms with Crippen LogP contribution in [0.4, 0.5) is 0 Å². The maximum Gasteiger partial charge on any atom is 0.264 e. The molecule has 2 amide bonds. The molecule has 0 bridgehead atoms. The predicted octanol–water partition coefficient (Wildman–Crippen LogP) is 2.18. The highest BCUT2D eigenvalue weighted by atomic mass is 32.2. The number of hydrogen-bond donors (Lipinski definition) is 2. The third kappa shape index (κ3) is 3.83. The monoisotopic (exact) mass is 439 g/mol. The highest BCUT2D eigenvalue weighted by Gasteiger charge is 2.47. The normalized spacial score (nSPS) is 21.8. The van der Waals surface area contributed by atoms with E-state index < -0.39 is 33.8 Å². The van der Waals surface area contributed by atoms with Crippen molar-refractivity contribution in [3.8, 4) is 0 Å². The van der Waals surface area contributed by atoms with Crippen LogP contribution in [0.5, 0.6) is 0 Å². The largest absolute Gasteiger partial charge is 0.369 e. The van der Waals surface area contributed by atoms with E-state index in [4.69, 9.17) is 5.73 Å². The fourth-order valence-electron chi connectivity index (χ4n) is 4.61. The molecule has 1 aliphatic carbocycles. The molecule has 0 radical (unpaired) electrons. The van der Waals surface area contributed by atoms with Gasteiger partial charge in [0.05, 0.1) is 10.8 Å². The summed E-state index contributed by atoms with van der Waals surface area (Å²) in [5.41, 5.74) is 8.78. The van der Waals surface area contributed by atoms with Gasteiger partial charge in [-0.25, -0.2) is 8.42 Å². The summed E-state index contributed by atoms with van der Waals surface area (Å²) in [5.74, 6) is -2.61. The fraction of sp³-hybridized carbons (Fsp3) is 0.304. The van der Waals surface area contributed by atoms with Gasteiger partial charge in [0.1, 0.15) is 6.04 Å². The zero-order chi connectivity index (χ0) is 22.2. The number of nitrogens with zero attached hydrogens (tertiary/aromatic N) is 1. The second kappa shape index (κ2) is 8.19. The zero-order valence-corrected chi connectivity index (χ0v) is 18.0. The molecule has 0 saturated carbocycles. The molecule has 2 aliphatic rings. The van der Waals surface area contributed by atoms with Gasteiger partial charge in [0, 0.05) is 12.4 Å². The Balaban J connectivity index is 1.80. The number of nitrogens with two attached hydrogens (primary N) is 1. The maximum atomic E-state index is 13.5. The van der Waals surface area contributed by atoms with Crippen LogP contribution >= 0.6 is 0 Å². The van der Waals surface area contributed by atoms with Crippen molar-refractivity contribution in [2.24, 2.45) is 11.7 Å². The van der Waals surface area contributed by atoms with Crippen molar-refractivity contribution in [2.75, 3.05) is 0 Å². The number of benzene rings is 2. The highest BCUT2D eigenvalue weighted by molar-refractivity contribution is 7.89. The number of amides is 2. The molecule has 3 N–H and O–H groups in total. The smallest absolute Gasteiger partial charge is 0.264 e. The number of aryl methyl sites for hydroxylation is 2. The number of hydrogen-bond acceptors (Lipinski definition) is 4. The Morgan fingerprint density at radius 3 is 2.58 bits per heavy atom. The summed E-state index contributed by atoms with van der Waals surface area (Å²) in [6, 6.07) is 12.9. The Hall–Kier alpha value is -3.13. The second-order valence-electron chi connectivity index (χ2n) is 8.04. The maximum absolute atomic E-state index is 13.5. The van der Waals surface area contributed by atoms with Crippen LogP contribution in [0.2, 0.25) is 0 Å². The number of fused-ring (bicyclic) bond motifs is 1. The quantitative estimate of drug-likeness (QED) is 0.744. The molecule has 8 heteroatoms. The van der Waals surface area contributed by atoms with Crippen LogP contribution in [-0.4, -0.2) is 30.6 Å².